The summed E-state index contributed by atoms with van der Waals surface area (Å²) in [5.74, 6) is 0.343. The van der Waals surface area contributed by atoms with Crippen LogP contribution in [-0.2, 0) is 6.42 Å². The van der Waals surface area contributed by atoms with E-state index >= 15 is 0 Å². The van der Waals surface area contributed by atoms with Gasteiger partial charge in [0.1, 0.15) is 11.4 Å². The Morgan fingerprint density at radius 3 is 2.55 bits per heavy atom. The van der Waals surface area contributed by atoms with Crippen molar-refractivity contribution < 1.29 is 17.9 Å². The SMILES string of the molecule is FC(F)(F)C1=Nc2ccccc2OC12Cc1ccccc1N2. The lowest BCUT2D eigenvalue weighted by Gasteiger charge is -2.36. The van der Waals surface area contributed by atoms with Gasteiger partial charge < -0.3 is 10.1 Å². The van der Waals surface area contributed by atoms with Crippen LogP contribution in [0.15, 0.2) is 53.5 Å². The highest BCUT2D eigenvalue weighted by Gasteiger charge is 2.57. The number of anilines is 1. The summed E-state index contributed by atoms with van der Waals surface area (Å²) >= 11 is 0. The first-order valence-electron chi connectivity index (χ1n) is 6.78. The Labute approximate surface area is 124 Å². The fourth-order valence-electron chi connectivity index (χ4n) is 2.91. The molecule has 4 rings (SSSR count). The number of halogens is 3. The van der Waals surface area contributed by atoms with Gasteiger partial charge in [-0.05, 0) is 23.8 Å². The van der Waals surface area contributed by atoms with Crippen molar-refractivity contribution in [2.45, 2.75) is 18.3 Å². The quantitative estimate of drug-likeness (QED) is 0.795. The van der Waals surface area contributed by atoms with Crippen molar-refractivity contribution in [1.29, 1.82) is 0 Å². The molecular weight excluding hydrogens is 293 g/mol. The van der Waals surface area contributed by atoms with Gasteiger partial charge in [0.15, 0.2) is 5.71 Å². The third-order valence-corrected chi connectivity index (χ3v) is 3.83. The van der Waals surface area contributed by atoms with Crippen LogP contribution in [0.3, 0.4) is 0 Å². The van der Waals surface area contributed by atoms with Gasteiger partial charge in [-0.3, -0.25) is 0 Å². The molecule has 0 fully saturated rings. The van der Waals surface area contributed by atoms with Crippen LogP contribution in [0.5, 0.6) is 5.75 Å². The maximum atomic E-state index is 13.5. The maximum Gasteiger partial charge on any atom is 0.435 e. The zero-order valence-corrected chi connectivity index (χ0v) is 11.3. The molecule has 1 atom stereocenters. The van der Waals surface area contributed by atoms with E-state index in [1.165, 1.54) is 6.07 Å². The zero-order chi connectivity index (χ0) is 15.4. The number of ether oxygens (including phenoxy) is 1. The lowest BCUT2D eigenvalue weighted by molar-refractivity contribution is -0.0708. The maximum absolute atomic E-state index is 13.5. The average molecular weight is 304 g/mol. The van der Waals surface area contributed by atoms with E-state index in [9.17, 15) is 13.2 Å². The Balaban J connectivity index is 1.87. The molecule has 2 aliphatic rings. The number of rotatable bonds is 0. The average Bonchev–Trinajstić information content (AvgIpc) is 2.83. The minimum Gasteiger partial charge on any atom is -0.460 e. The van der Waals surface area contributed by atoms with Crippen LogP contribution in [0.1, 0.15) is 5.56 Å². The van der Waals surface area contributed by atoms with E-state index in [0.29, 0.717) is 11.4 Å². The molecule has 1 unspecified atom stereocenters. The topological polar surface area (TPSA) is 33.6 Å². The fourth-order valence-corrected chi connectivity index (χ4v) is 2.91. The van der Waals surface area contributed by atoms with Crippen molar-refractivity contribution in [3.63, 3.8) is 0 Å². The van der Waals surface area contributed by atoms with Crippen molar-refractivity contribution in [3.8, 4) is 5.75 Å². The first-order valence-corrected chi connectivity index (χ1v) is 6.78. The molecule has 2 aromatic carbocycles. The van der Waals surface area contributed by atoms with Crippen LogP contribution in [-0.4, -0.2) is 17.6 Å². The van der Waals surface area contributed by atoms with E-state index in [1.807, 2.05) is 0 Å². The molecule has 2 aliphatic heterocycles. The summed E-state index contributed by atoms with van der Waals surface area (Å²) in [5.41, 5.74) is -1.04. The molecule has 22 heavy (non-hydrogen) atoms. The van der Waals surface area contributed by atoms with Crippen LogP contribution in [0.4, 0.5) is 24.5 Å². The molecule has 6 heteroatoms. The van der Waals surface area contributed by atoms with Crippen LogP contribution >= 0.6 is 0 Å². The molecular formula is C16H11F3N2O. The highest BCUT2D eigenvalue weighted by molar-refractivity contribution is 6.04. The molecule has 1 spiro atoms. The van der Waals surface area contributed by atoms with Crippen LogP contribution in [0, 0.1) is 0 Å². The molecule has 0 saturated carbocycles. The smallest absolute Gasteiger partial charge is 0.435 e. The van der Waals surface area contributed by atoms with Crippen LogP contribution in [0.25, 0.3) is 0 Å². The predicted octanol–water partition coefficient (Wildman–Crippen LogP) is 4.08. The van der Waals surface area contributed by atoms with Gasteiger partial charge >= 0.3 is 6.18 Å². The molecule has 0 saturated heterocycles. The van der Waals surface area contributed by atoms with Crippen molar-refractivity contribution in [2.75, 3.05) is 5.32 Å². The van der Waals surface area contributed by atoms with E-state index in [-0.39, 0.29) is 12.1 Å². The number of fused-ring (bicyclic) bond motifs is 2. The highest BCUT2D eigenvalue weighted by atomic mass is 19.4. The molecule has 112 valence electrons. The first kappa shape index (κ1) is 13.2. The molecule has 1 N–H and O–H groups in total. The molecule has 2 heterocycles. The van der Waals surface area contributed by atoms with Crippen molar-refractivity contribution in [3.05, 3.63) is 54.1 Å². The standard InChI is InChI=1S/C16H11F3N2O/c17-16(18,19)14-15(9-10-5-1-2-6-11(10)21-15)22-13-8-4-3-7-12(13)20-14/h1-8,21H,9H2. The summed E-state index contributed by atoms with van der Waals surface area (Å²) in [5, 5.41) is 2.87. The Morgan fingerprint density at radius 2 is 1.77 bits per heavy atom. The minimum absolute atomic E-state index is 0.0792. The van der Waals surface area contributed by atoms with Gasteiger partial charge in [0, 0.05) is 12.1 Å². The number of alkyl halides is 3. The second-order valence-electron chi connectivity index (χ2n) is 5.31. The summed E-state index contributed by atoms with van der Waals surface area (Å²) in [6.07, 6.45) is -4.50. The Hall–Kier alpha value is -2.50. The van der Waals surface area contributed by atoms with Gasteiger partial charge in [-0.15, -0.1) is 0 Å². The normalized spacial score (nSPS) is 22.4. The summed E-state index contributed by atoms with van der Waals surface area (Å²) < 4.78 is 46.3. The predicted molar refractivity (Wildman–Crippen MR) is 76.7 cm³/mol. The summed E-state index contributed by atoms with van der Waals surface area (Å²) in [4.78, 5) is 3.84. The van der Waals surface area contributed by atoms with Gasteiger partial charge in [-0.2, -0.15) is 13.2 Å². The minimum atomic E-state index is -4.58. The number of nitrogens with one attached hydrogen (secondary N) is 1. The molecule has 0 aliphatic carbocycles. The van der Waals surface area contributed by atoms with Gasteiger partial charge in [-0.25, -0.2) is 4.99 Å². The number of nitrogens with zero attached hydrogens (tertiary/aromatic N) is 1. The number of aliphatic imine (C=N–C) groups is 1. The third-order valence-electron chi connectivity index (χ3n) is 3.83. The Kier molecular flexibility index (Phi) is 2.55. The number of hydrogen-bond acceptors (Lipinski definition) is 3. The van der Waals surface area contributed by atoms with Gasteiger partial charge in [-0.1, -0.05) is 30.3 Å². The fraction of sp³-hybridized carbons (Fsp3) is 0.188. The monoisotopic (exact) mass is 304 g/mol. The third kappa shape index (κ3) is 1.87. The van der Waals surface area contributed by atoms with Gasteiger partial charge in [0.05, 0.1) is 0 Å². The number of hydrogen-bond donors (Lipinski definition) is 1. The van der Waals surface area contributed by atoms with Gasteiger partial charge in [0.25, 0.3) is 0 Å². The number of benzene rings is 2. The molecule has 2 aromatic rings. The van der Waals surface area contributed by atoms with Crippen LogP contribution in [0.2, 0.25) is 0 Å². The largest absolute Gasteiger partial charge is 0.460 e. The zero-order valence-electron chi connectivity index (χ0n) is 11.3. The van der Waals surface area contributed by atoms with E-state index in [0.717, 1.165) is 5.56 Å². The van der Waals surface area contributed by atoms with Crippen molar-refractivity contribution in [2.24, 2.45) is 4.99 Å². The van der Waals surface area contributed by atoms with Crippen LogP contribution < -0.4 is 10.1 Å². The second kappa shape index (κ2) is 4.25. The molecule has 0 amide bonds. The molecule has 3 nitrogen and oxygen atoms in total. The summed E-state index contributed by atoms with van der Waals surface area (Å²) in [6.45, 7) is 0. The van der Waals surface area contributed by atoms with E-state index in [4.69, 9.17) is 4.74 Å². The second-order valence-corrected chi connectivity index (χ2v) is 5.31. The Morgan fingerprint density at radius 1 is 1.05 bits per heavy atom. The van der Waals surface area contributed by atoms with E-state index in [2.05, 4.69) is 10.3 Å². The van der Waals surface area contributed by atoms with Crippen molar-refractivity contribution >= 4 is 17.1 Å². The lowest BCUT2D eigenvalue weighted by Crippen LogP contribution is -2.57. The molecule has 0 aromatic heterocycles. The van der Waals surface area contributed by atoms with E-state index in [1.54, 1.807) is 42.5 Å². The summed E-state index contributed by atoms with van der Waals surface area (Å²) in [6, 6.07) is 13.6. The first-order chi connectivity index (χ1) is 10.5. The van der Waals surface area contributed by atoms with Gasteiger partial charge in [0.2, 0.25) is 5.72 Å². The highest BCUT2D eigenvalue weighted by Crippen LogP contribution is 2.45. The molecule has 0 radical (unpaired) electrons. The lowest BCUT2D eigenvalue weighted by atomic mass is 10.00. The molecule has 0 bridgehead atoms. The Bertz CT molecular complexity index is 758. The van der Waals surface area contributed by atoms with Crippen molar-refractivity contribution in [1.82, 2.24) is 0 Å². The number of para-hydroxylation sites is 3. The van der Waals surface area contributed by atoms with E-state index < -0.39 is 17.6 Å². The summed E-state index contributed by atoms with van der Waals surface area (Å²) in [7, 11) is 0.